The number of thiophene rings is 1. The fourth-order valence-electron chi connectivity index (χ4n) is 1.68. The topological polar surface area (TPSA) is 12.0 Å². The predicted molar refractivity (Wildman–Crippen MR) is 66.2 cm³/mol. The summed E-state index contributed by atoms with van der Waals surface area (Å²) in [5.74, 6) is 2.55. The highest BCUT2D eigenvalue weighted by Gasteiger charge is 2.12. The fourth-order valence-corrected chi connectivity index (χ4v) is 4.03. The molecule has 1 aliphatic rings. The second-order valence-corrected chi connectivity index (χ2v) is 5.97. The van der Waals surface area contributed by atoms with E-state index in [1.807, 2.05) is 11.3 Å². The van der Waals surface area contributed by atoms with Crippen molar-refractivity contribution in [2.24, 2.45) is 0 Å². The molecule has 2 rings (SSSR count). The van der Waals surface area contributed by atoms with Crippen LogP contribution < -0.4 is 5.32 Å². The van der Waals surface area contributed by atoms with Crippen LogP contribution in [-0.2, 0) is 18.7 Å². The van der Waals surface area contributed by atoms with E-state index >= 15 is 0 Å². The molecule has 2 heterocycles. The second kappa shape index (κ2) is 5.19. The summed E-state index contributed by atoms with van der Waals surface area (Å²) in [6.07, 6.45) is 2.51. The first-order chi connectivity index (χ1) is 6.90. The van der Waals surface area contributed by atoms with Crippen molar-refractivity contribution < 1.29 is 0 Å². The molecule has 1 aromatic heterocycles. The Morgan fingerprint density at radius 1 is 1.50 bits per heavy atom. The zero-order chi connectivity index (χ0) is 9.80. The molecule has 0 bridgehead atoms. The Morgan fingerprint density at radius 2 is 2.43 bits per heavy atom. The van der Waals surface area contributed by atoms with Crippen molar-refractivity contribution in [1.82, 2.24) is 5.32 Å². The summed E-state index contributed by atoms with van der Waals surface area (Å²) in [7, 11) is 0. The van der Waals surface area contributed by atoms with E-state index < -0.39 is 0 Å². The summed E-state index contributed by atoms with van der Waals surface area (Å²) in [6.45, 7) is 4.41. The Kier molecular flexibility index (Phi) is 3.90. The minimum atomic E-state index is 1.07. The van der Waals surface area contributed by atoms with Crippen molar-refractivity contribution in [1.29, 1.82) is 0 Å². The van der Waals surface area contributed by atoms with E-state index in [4.69, 9.17) is 0 Å². The van der Waals surface area contributed by atoms with Gasteiger partial charge < -0.3 is 5.32 Å². The smallest absolute Gasteiger partial charge is 0.0299 e. The van der Waals surface area contributed by atoms with E-state index in [9.17, 15) is 0 Å². The van der Waals surface area contributed by atoms with E-state index in [1.165, 1.54) is 29.2 Å². The van der Waals surface area contributed by atoms with Gasteiger partial charge in [-0.2, -0.15) is 11.8 Å². The molecule has 0 radical (unpaired) electrons. The van der Waals surface area contributed by atoms with Crippen LogP contribution in [0.2, 0.25) is 0 Å². The molecule has 0 saturated carbocycles. The van der Waals surface area contributed by atoms with Crippen molar-refractivity contribution in [2.45, 2.75) is 32.1 Å². The van der Waals surface area contributed by atoms with Crippen LogP contribution in [0.1, 0.15) is 28.7 Å². The van der Waals surface area contributed by atoms with Crippen LogP contribution in [-0.4, -0.2) is 12.3 Å². The number of nitrogens with one attached hydrogen (secondary N) is 1. The minimum absolute atomic E-state index is 1.07. The number of hydrogen-bond acceptors (Lipinski definition) is 3. The van der Waals surface area contributed by atoms with Gasteiger partial charge in [0, 0.05) is 22.1 Å². The van der Waals surface area contributed by atoms with E-state index in [0.29, 0.717) is 0 Å². The lowest BCUT2D eigenvalue weighted by molar-refractivity contribution is 0.681. The molecule has 0 amide bonds. The van der Waals surface area contributed by atoms with Gasteiger partial charge in [-0.25, -0.2) is 0 Å². The largest absolute Gasteiger partial charge is 0.312 e. The molecule has 3 heteroatoms. The molecule has 78 valence electrons. The lowest BCUT2D eigenvalue weighted by atomic mass is 10.2. The van der Waals surface area contributed by atoms with Crippen LogP contribution in [0, 0.1) is 0 Å². The first-order valence-corrected chi connectivity index (χ1v) is 7.26. The van der Waals surface area contributed by atoms with Gasteiger partial charge >= 0.3 is 0 Å². The first-order valence-electron chi connectivity index (χ1n) is 5.29. The highest BCUT2D eigenvalue weighted by molar-refractivity contribution is 7.98. The average molecular weight is 227 g/mol. The maximum atomic E-state index is 3.46. The quantitative estimate of drug-likeness (QED) is 0.794. The van der Waals surface area contributed by atoms with Crippen molar-refractivity contribution in [3.8, 4) is 0 Å². The molecule has 0 aliphatic carbocycles. The van der Waals surface area contributed by atoms with Crippen molar-refractivity contribution in [2.75, 3.05) is 12.3 Å². The third-order valence-corrected chi connectivity index (χ3v) is 4.65. The number of rotatable bonds is 4. The molecule has 1 aromatic rings. The van der Waals surface area contributed by atoms with Gasteiger partial charge in [-0.3, -0.25) is 0 Å². The maximum Gasteiger partial charge on any atom is 0.0299 e. The van der Waals surface area contributed by atoms with Crippen LogP contribution in [0.3, 0.4) is 0 Å². The summed E-state index contributed by atoms with van der Waals surface area (Å²) >= 11 is 4.08. The molecular weight excluding hydrogens is 210 g/mol. The SMILES string of the molecule is CCCNCc1cc2c(s1)CCSC2. The lowest BCUT2D eigenvalue weighted by Crippen LogP contribution is -2.12. The van der Waals surface area contributed by atoms with Gasteiger partial charge in [0.15, 0.2) is 0 Å². The molecule has 0 fully saturated rings. The fraction of sp³-hybridized carbons (Fsp3) is 0.636. The molecule has 1 aliphatic heterocycles. The first kappa shape index (κ1) is 10.5. The second-order valence-electron chi connectivity index (χ2n) is 3.64. The average Bonchev–Trinajstić information content (AvgIpc) is 2.60. The van der Waals surface area contributed by atoms with Crippen LogP contribution in [0.5, 0.6) is 0 Å². The standard InChI is InChI=1S/C11H17NS2/c1-2-4-12-7-10-6-9-8-13-5-3-11(9)14-10/h6,12H,2-5,7-8H2,1H3. The van der Waals surface area contributed by atoms with Gasteiger partial charge in [0.25, 0.3) is 0 Å². The third kappa shape index (κ3) is 2.53. The molecular formula is C11H17NS2. The summed E-state index contributed by atoms with van der Waals surface area (Å²) in [4.78, 5) is 3.16. The summed E-state index contributed by atoms with van der Waals surface area (Å²) in [5.41, 5.74) is 1.60. The van der Waals surface area contributed by atoms with Crippen LogP contribution >= 0.6 is 23.1 Å². The van der Waals surface area contributed by atoms with Crippen LogP contribution in [0.15, 0.2) is 6.07 Å². The third-order valence-electron chi connectivity index (χ3n) is 2.40. The monoisotopic (exact) mass is 227 g/mol. The molecule has 1 nitrogen and oxygen atoms in total. The molecule has 14 heavy (non-hydrogen) atoms. The van der Waals surface area contributed by atoms with E-state index in [0.717, 1.165) is 13.1 Å². The predicted octanol–water partition coefficient (Wildman–Crippen LogP) is 3.04. The van der Waals surface area contributed by atoms with Gasteiger partial charge in [0.05, 0.1) is 0 Å². The zero-order valence-electron chi connectivity index (χ0n) is 8.64. The maximum absolute atomic E-state index is 3.46. The van der Waals surface area contributed by atoms with E-state index in [-0.39, 0.29) is 0 Å². The summed E-state index contributed by atoms with van der Waals surface area (Å²) < 4.78 is 0. The normalized spacial score (nSPS) is 15.5. The Labute approximate surface area is 94.3 Å². The number of fused-ring (bicyclic) bond motifs is 1. The molecule has 1 N–H and O–H groups in total. The van der Waals surface area contributed by atoms with Gasteiger partial charge in [0.1, 0.15) is 0 Å². The highest BCUT2D eigenvalue weighted by atomic mass is 32.2. The highest BCUT2D eigenvalue weighted by Crippen LogP contribution is 2.31. The van der Waals surface area contributed by atoms with E-state index in [1.54, 1.807) is 10.4 Å². The van der Waals surface area contributed by atoms with Crippen molar-refractivity contribution >= 4 is 23.1 Å². The molecule has 0 atom stereocenters. The Morgan fingerprint density at radius 3 is 3.21 bits per heavy atom. The van der Waals surface area contributed by atoms with E-state index in [2.05, 4.69) is 30.1 Å². The Hall–Kier alpha value is 0.01000. The van der Waals surface area contributed by atoms with Crippen molar-refractivity contribution in [3.63, 3.8) is 0 Å². The number of aryl methyl sites for hydroxylation is 1. The minimum Gasteiger partial charge on any atom is -0.312 e. The lowest BCUT2D eigenvalue weighted by Gasteiger charge is -2.08. The van der Waals surface area contributed by atoms with Gasteiger partial charge in [-0.1, -0.05) is 6.92 Å². The van der Waals surface area contributed by atoms with Crippen LogP contribution in [0.4, 0.5) is 0 Å². The number of hydrogen-bond donors (Lipinski definition) is 1. The molecule has 0 saturated heterocycles. The number of thioether (sulfide) groups is 1. The molecule has 0 spiro atoms. The summed E-state index contributed by atoms with van der Waals surface area (Å²) in [6, 6.07) is 2.40. The van der Waals surface area contributed by atoms with Crippen LogP contribution in [0.25, 0.3) is 0 Å². The Balaban J connectivity index is 1.94. The molecule has 0 unspecified atom stereocenters. The summed E-state index contributed by atoms with van der Waals surface area (Å²) in [5, 5.41) is 3.46. The molecule has 0 aromatic carbocycles. The van der Waals surface area contributed by atoms with Gasteiger partial charge in [0.2, 0.25) is 0 Å². The van der Waals surface area contributed by atoms with Gasteiger partial charge in [-0.15, -0.1) is 11.3 Å². The zero-order valence-corrected chi connectivity index (χ0v) is 10.3. The van der Waals surface area contributed by atoms with Gasteiger partial charge in [-0.05, 0) is 36.8 Å². The van der Waals surface area contributed by atoms with Crippen molar-refractivity contribution in [3.05, 3.63) is 21.4 Å². The Bertz CT molecular complexity index is 270.